The van der Waals surface area contributed by atoms with Crippen LogP contribution < -0.4 is 5.32 Å². The predicted molar refractivity (Wildman–Crippen MR) is 74.5 cm³/mol. The van der Waals surface area contributed by atoms with E-state index in [1.165, 1.54) is 23.3 Å². The van der Waals surface area contributed by atoms with Crippen molar-refractivity contribution >= 4 is 11.8 Å². The first-order valence-electron chi connectivity index (χ1n) is 6.29. The summed E-state index contributed by atoms with van der Waals surface area (Å²) in [6, 6.07) is 9.34. The molecular weight excluding hydrogens is 230 g/mol. The molecule has 0 bridgehead atoms. The van der Waals surface area contributed by atoms with E-state index in [4.69, 9.17) is 4.74 Å². The van der Waals surface area contributed by atoms with Gasteiger partial charge >= 0.3 is 0 Å². The Bertz CT molecular complexity index is 343. The fraction of sp³-hybridized carbons (Fsp3) is 0.571. The van der Waals surface area contributed by atoms with Crippen molar-refractivity contribution < 1.29 is 4.74 Å². The van der Waals surface area contributed by atoms with E-state index in [1.54, 1.807) is 7.11 Å². The minimum atomic E-state index is 0.535. The van der Waals surface area contributed by atoms with Crippen LogP contribution in [0.25, 0.3) is 0 Å². The van der Waals surface area contributed by atoms with E-state index in [0.29, 0.717) is 6.04 Å². The fourth-order valence-corrected chi connectivity index (χ4v) is 3.33. The third-order valence-electron chi connectivity index (χ3n) is 3.14. The van der Waals surface area contributed by atoms with Crippen LogP contribution in [-0.4, -0.2) is 26.0 Å². The first-order valence-corrected chi connectivity index (χ1v) is 7.45. The van der Waals surface area contributed by atoms with Crippen LogP contribution >= 0.6 is 11.8 Å². The van der Waals surface area contributed by atoms with Crippen molar-refractivity contribution in [3.8, 4) is 0 Å². The molecule has 1 aliphatic heterocycles. The maximum Gasteiger partial charge on any atom is 0.0462 e. The molecule has 1 aromatic carbocycles. The van der Waals surface area contributed by atoms with E-state index in [-0.39, 0.29) is 0 Å². The molecule has 0 radical (unpaired) electrons. The Morgan fingerprint density at radius 3 is 3.12 bits per heavy atom. The summed E-state index contributed by atoms with van der Waals surface area (Å²) in [4.78, 5) is 0. The minimum Gasteiger partial charge on any atom is -0.385 e. The average Bonchev–Trinajstić information content (AvgIpc) is 2.39. The maximum atomic E-state index is 5.06. The zero-order valence-electron chi connectivity index (χ0n) is 10.4. The van der Waals surface area contributed by atoms with Gasteiger partial charge in [0.15, 0.2) is 0 Å². The molecule has 1 unspecified atom stereocenters. The van der Waals surface area contributed by atoms with E-state index in [1.807, 2.05) is 11.8 Å². The highest BCUT2D eigenvalue weighted by Gasteiger charge is 2.18. The van der Waals surface area contributed by atoms with E-state index in [2.05, 4.69) is 29.6 Å². The molecule has 0 saturated heterocycles. The van der Waals surface area contributed by atoms with Gasteiger partial charge in [-0.3, -0.25) is 0 Å². The number of benzene rings is 1. The van der Waals surface area contributed by atoms with E-state index in [0.717, 1.165) is 25.3 Å². The van der Waals surface area contributed by atoms with Gasteiger partial charge in [0.25, 0.3) is 0 Å². The van der Waals surface area contributed by atoms with Crippen molar-refractivity contribution in [2.45, 2.75) is 24.6 Å². The normalized spacial score (nSPS) is 19.0. The van der Waals surface area contributed by atoms with Gasteiger partial charge in [-0.2, -0.15) is 11.8 Å². The summed E-state index contributed by atoms with van der Waals surface area (Å²) in [5, 5.41) is 3.66. The number of ether oxygens (including phenoxy) is 1. The van der Waals surface area contributed by atoms with Crippen LogP contribution in [0.2, 0.25) is 0 Å². The molecule has 0 saturated carbocycles. The monoisotopic (exact) mass is 251 g/mol. The van der Waals surface area contributed by atoms with Crippen molar-refractivity contribution in [1.29, 1.82) is 0 Å². The summed E-state index contributed by atoms with van der Waals surface area (Å²) >= 11 is 2.03. The highest BCUT2D eigenvalue weighted by Crippen LogP contribution is 2.31. The molecule has 17 heavy (non-hydrogen) atoms. The number of rotatable bonds is 6. The minimum absolute atomic E-state index is 0.535. The van der Waals surface area contributed by atoms with E-state index in [9.17, 15) is 0 Å². The molecule has 1 heterocycles. The van der Waals surface area contributed by atoms with E-state index >= 15 is 0 Å². The number of fused-ring (bicyclic) bond motifs is 1. The smallest absolute Gasteiger partial charge is 0.0462 e. The van der Waals surface area contributed by atoms with Crippen LogP contribution in [0.4, 0.5) is 0 Å². The van der Waals surface area contributed by atoms with Gasteiger partial charge in [0.1, 0.15) is 0 Å². The molecule has 1 aromatic rings. The summed E-state index contributed by atoms with van der Waals surface area (Å²) < 4.78 is 5.06. The number of unbranched alkanes of at least 4 members (excludes halogenated alkanes) is 1. The van der Waals surface area contributed by atoms with Gasteiger partial charge in [-0.15, -0.1) is 0 Å². The summed E-state index contributed by atoms with van der Waals surface area (Å²) in [6.45, 7) is 1.96. The van der Waals surface area contributed by atoms with E-state index < -0.39 is 0 Å². The van der Waals surface area contributed by atoms with Gasteiger partial charge < -0.3 is 10.1 Å². The van der Waals surface area contributed by atoms with Crippen LogP contribution in [0.5, 0.6) is 0 Å². The van der Waals surface area contributed by atoms with Crippen molar-refractivity contribution in [2.75, 3.05) is 26.0 Å². The maximum absolute atomic E-state index is 5.06. The van der Waals surface area contributed by atoms with Gasteiger partial charge in [0.2, 0.25) is 0 Å². The molecule has 0 aliphatic carbocycles. The lowest BCUT2D eigenvalue weighted by atomic mass is 10.0. The van der Waals surface area contributed by atoms with Crippen molar-refractivity contribution in [1.82, 2.24) is 5.32 Å². The Morgan fingerprint density at radius 2 is 2.24 bits per heavy atom. The summed E-state index contributed by atoms with van der Waals surface area (Å²) in [6.07, 6.45) is 2.34. The standard InChI is InChI=1S/C14H21NOS/c1-16-9-5-4-8-15-14-11-17-10-12-6-2-3-7-13(12)14/h2-3,6-7,14-15H,4-5,8-11H2,1H3. The third kappa shape index (κ3) is 3.73. The topological polar surface area (TPSA) is 21.3 Å². The van der Waals surface area contributed by atoms with Crippen LogP contribution in [0.1, 0.15) is 30.0 Å². The second-order valence-electron chi connectivity index (χ2n) is 4.42. The highest BCUT2D eigenvalue weighted by molar-refractivity contribution is 7.98. The molecule has 1 aliphatic rings. The SMILES string of the molecule is COCCCCNC1CSCc2ccccc21. The second kappa shape index (κ2) is 7.04. The number of hydrogen-bond donors (Lipinski definition) is 1. The first kappa shape index (κ1) is 12.9. The van der Waals surface area contributed by atoms with Crippen LogP contribution in [0.15, 0.2) is 24.3 Å². The molecule has 94 valence electrons. The van der Waals surface area contributed by atoms with Crippen molar-refractivity contribution in [3.05, 3.63) is 35.4 Å². The largest absolute Gasteiger partial charge is 0.385 e. The second-order valence-corrected chi connectivity index (χ2v) is 5.45. The number of nitrogens with one attached hydrogen (secondary N) is 1. The van der Waals surface area contributed by atoms with Crippen LogP contribution in [-0.2, 0) is 10.5 Å². The van der Waals surface area contributed by atoms with Crippen LogP contribution in [0.3, 0.4) is 0 Å². The molecular formula is C14H21NOS. The molecule has 0 spiro atoms. The number of methoxy groups -OCH3 is 1. The zero-order chi connectivity index (χ0) is 11.9. The lowest BCUT2D eigenvalue weighted by molar-refractivity contribution is 0.192. The molecule has 3 heteroatoms. The Balaban J connectivity index is 1.82. The predicted octanol–water partition coefficient (Wildman–Crippen LogP) is 2.99. The lowest BCUT2D eigenvalue weighted by Crippen LogP contribution is -2.27. The quantitative estimate of drug-likeness (QED) is 0.785. The zero-order valence-corrected chi connectivity index (χ0v) is 11.3. The summed E-state index contributed by atoms with van der Waals surface area (Å²) in [5.41, 5.74) is 3.00. The van der Waals surface area contributed by atoms with Crippen molar-refractivity contribution in [3.63, 3.8) is 0 Å². The molecule has 1 N–H and O–H groups in total. The number of thioether (sulfide) groups is 1. The molecule has 2 rings (SSSR count). The van der Waals surface area contributed by atoms with Gasteiger partial charge in [-0.05, 0) is 30.5 Å². The molecule has 2 nitrogen and oxygen atoms in total. The van der Waals surface area contributed by atoms with Gasteiger partial charge in [-0.25, -0.2) is 0 Å². The summed E-state index contributed by atoms with van der Waals surface area (Å²) in [7, 11) is 1.77. The average molecular weight is 251 g/mol. The Kier molecular flexibility index (Phi) is 5.36. The molecule has 0 aromatic heterocycles. The summed E-state index contributed by atoms with van der Waals surface area (Å²) in [5.74, 6) is 2.36. The molecule has 0 fully saturated rings. The third-order valence-corrected chi connectivity index (χ3v) is 4.22. The molecule has 0 amide bonds. The molecule has 1 atom stereocenters. The van der Waals surface area contributed by atoms with Gasteiger partial charge in [-0.1, -0.05) is 24.3 Å². The van der Waals surface area contributed by atoms with Gasteiger partial charge in [0, 0.05) is 31.3 Å². The highest BCUT2D eigenvalue weighted by atomic mass is 32.2. The Hall–Kier alpha value is -0.510. The van der Waals surface area contributed by atoms with Gasteiger partial charge in [0.05, 0.1) is 0 Å². The van der Waals surface area contributed by atoms with Crippen molar-refractivity contribution in [2.24, 2.45) is 0 Å². The Morgan fingerprint density at radius 1 is 1.35 bits per heavy atom. The fourth-order valence-electron chi connectivity index (χ4n) is 2.20. The Labute approximate surface area is 108 Å². The first-order chi connectivity index (χ1) is 8.42. The lowest BCUT2D eigenvalue weighted by Gasteiger charge is -2.26. The number of hydrogen-bond acceptors (Lipinski definition) is 3. The van der Waals surface area contributed by atoms with Crippen LogP contribution in [0, 0.1) is 0 Å².